The summed E-state index contributed by atoms with van der Waals surface area (Å²) < 4.78 is 5.67. The van der Waals surface area contributed by atoms with Crippen molar-refractivity contribution in [3.05, 3.63) is 58.5 Å². The largest absolute Gasteiger partial charge is 0.442 e. The van der Waals surface area contributed by atoms with Crippen molar-refractivity contribution in [2.24, 2.45) is 0 Å². The minimum Gasteiger partial charge on any atom is -0.442 e. The number of nitrogens with one attached hydrogen (secondary N) is 1. The molecule has 0 saturated carbocycles. The summed E-state index contributed by atoms with van der Waals surface area (Å²) in [5, 5.41) is 3.40. The number of carbonyl (C=O) groups excluding carboxylic acids is 1. The molecule has 1 amide bonds. The lowest BCUT2D eigenvalue weighted by Gasteiger charge is -2.04. The summed E-state index contributed by atoms with van der Waals surface area (Å²) in [6.45, 7) is 4.04. The average molecular weight is 382 g/mol. The number of unbranched alkanes of at least 4 members (excludes halogenated alkanes) is 1. The summed E-state index contributed by atoms with van der Waals surface area (Å²) in [6.07, 6.45) is 12.3. The molecule has 0 aliphatic rings. The number of pyridine rings is 1. The summed E-state index contributed by atoms with van der Waals surface area (Å²) in [5.41, 5.74) is 1.77. The molecule has 0 aliphatic heterocycles. The highest BCUT2D eigenvalue weighted by Gasteiger charge is 2.09. The van der Waals surface area contributed by atoms with Crippen LogP contribution >= 0.6 is 11.3 Å². The van der Waals surface area contributed by atoms with E-state index in [2.05, 4.69) is 27.2 Å². The number of rotatable bonds is 8. The van der Waals surface area contributed by atoms with Gasteiger partial charge < -0.3 is 9.73 Å². The zero-order valence-corrected chi connectivity index (χ0v) is 16.3. The summed E-state index contributed by atoms with van der Waals surface area (Å²) >= 11 is 1.40. The van der Waals surface area contributed by atoms with Gasteiger partial charge in [-0.05, 0) is 31.1 Å². The van der Waals surface area contributed by atoms with Crippen molar-refractivity contribution < 1.29 is 9.21 Å². The third kappa shape index (κ3) is 5.59. The molecule has 0 aromatic carbocycles. The molecule has 0 atom stereocenters. The fourth-order valence-electron chi connectivity index (χ4n) is 2.48. The van der Waals surface area contributed by atoms with Gasteiger partial charge in [0.15, 0.2) is 5.13 Å². The maximum absolute atomic E-state index is 12.2. The van der Waals surface area contributed by atoms with Crippen molar-refractivity contribution in [2.45, 2.75) is 39.5 Å². The number of amides is 1. The standard InChI is InChI=1S/C20H22N4O2S/c1-3-4-7-16-12-22-19(26-16)9-8-17-13-23-20(27-17)24-18(25)11-15-6-5-10-21-14(15)2/h5-6,8-10,12-13H,3-4,7,11H2,1-2H3,(H,23,24,25)/b9-8+. The SMILES string of the molecule is CCCCc1cnc(/C=C/c2cnc(NC(=O)Cc3cccnc3C)s2)o1. The molecular weight excluding hydrogens is 360 g/mol. The molecule has 0 spiro atoms. The number of hydrogen-bond donors (Lipinski definition) is 1. The minimum absolute atomic E-state index is 0.107. The van der Waals surface area contributed by atoms with E-state index in [1.807, 2.05) is 31.2 Å². The van der Waals surface area contributed by atoms with Crippen molar-refractivity contribution in [1.82, 2.24) is 15.0 Å². The molecule has 0 radical (unpaired) electrons. The molecule has 3 aromatic heterocycles. The summed E-state index contributed by atoms with van der Waals surface area (Å²) in [6, 6.07) is 3.74. The molecule has 3 heterocycles. The van der Waals surface area contributed by atoms with Gasteiger partial charge in [0.05, 0.1) is 12.6 Å². The number of anilines is 1. The quantitative estimate of drug-likeness (QED) is 0.619. The van der Waals surface area contributed by atoms with Crippen molar-refractivity contribution in [2.75, 3.05) is 5.32 Å². The van der Waals surface area contributed by atoms with Crippen molar-refractivity contribution in [3.63, 3.8) is 0 Å². The van der Waals surface area contributed by atoms with Gasteiger partial charge in [-0.3, -0.25) is 9.78 Å². The van der Waals surface area contributed by atoms with Crippen LogP contribution in [0.3, 0.4) is 0 Å². The normalized spacial score (nSPS) is 11.2. The van der Waals surface area contributed by atoms with Crippen LogP contribution in [0.4, 0.5) is 5.13 Å². The van der Waals surface area contributed by atoms with E-state index in [0.29, 0.717) is 11.0 Å². The van der Waals surface area contributed by atoms with E-state index in [1.165, 1.54) is 11.3 Å². The van der Waals surface area contributed by atoms with E-state index >= 15 is 0 Å². The van der Waals surface area contributed by atoms with Gasteiger partial charge in [0, 0.05) is 35.5 Å². The van der Waals surface area contributed by atoms with E-state index < -0.39 is 0 Å². The minimum atomic E-state index is -0.107. The van der Waals surface area contributed by atoms with E-state index in [4.69, 9.17) is 4.42 Å². The predicted molar refractivity (Wildman–Crippen MR) is 107 cm³/mol. The van der Waals surface area contributed by atoms with E-state index in [9.17, 15) is 4.79 Å². The Balaban J connectivity index is 1.55. The third-order valence-electron chi connectivity index (χ3n) is 3.98. The first kappa shape index (κ1) is 19.0. The summed E-state index contributed by atoms with van der Waals surface area (Å²) in [7, 11) is 0. The summed E-state index contributed by atoms with van der Waals surface area (Å²) in [5.74, 6) is 1.37. The van der Waals surface area contributed by atoms with Crippen LogP contribution < -0.4 is 5.32 Å². The highest BCUT2D eigenvalue weighted by Crippen LogP contribution is 2.21. The number of aryl methyl sites for hydroxylation is 2. The topological polar surface area (TPSA) is 80.9 Å². The number of hydrogen-bond acceptors (Lipinski definition) is 6. The first-order valence-electron chi connectivity index (χ1n) is 8.93. The predicted octanol–water partition coefficient (Wildman–Crippen LogP) is 4.53. The first-order valence-corrected chi connectivity index (χ1v) is 9.74. The van der Waals surface area contributed by atoms with Crippen LogP contribution in [-0.4, -0.2) is 20.9 Å². The lowest BCUT2D eigenvalue weighted by molar-refractivity contribution is -0.115. The lowest BCUT2D eigenvalue weighted by Crippen LogP contribution is -2.15. The zero-order chi connectivity index (χ0) is 19.1. The Bertz CT molecular complexity index is 929. The maximum atomic E-state index is 12.2. The molecule has 6 nitrogen and oxygen atoms in total. The van der Waals surface area contributed by atoms with Crippen LogP contribution in [-0.2, 0) is 17.6 Å². The van der Waals surface area contributed by atoms with Crippen LogP contribution in [0.15, 0.2) is 35.1 Å². The number of thiazole rings is 1. The fraction of sp³-hybridized carbons (Fsp3) is 0.300. The van der Waals surface area contributed by atoms with Crippen LogP contribution in [0.1, 0.15) is 47.6 Å². The second-order valence-corrected chi connectivity index (χ2v) is 7.20. The van der Waals surface area contributed by atoms with Crippen LogP contribution in [0.25, 0.3) is 12.2 Å². The second-order valence-electron chi connectivity index (χ2n) is 6.14. The molecule has 0 saturated heterocycles. The first-order chi connectivity index (χ1) is 13.1. The Kier molecular flexibility index (Phi) is 6.49. The van der Waals surface area contributed by atoms with Crippen molar-refractivity contribution in [3.8, 4) is 0 Å². The number of aromatic nitrogens is 3. The fourth-order valence-corrected chi connectivity index (χ4v) is 3.22. The zero-order valence-electron chi connectivity index (χ0n) is 15.4. The molecule has 27 heavy (non-hydrogen) atoms. The lowest BCUT2D eigenvalue weighted by atomic mass is 10.1. The van der Waals surface area contributed by atoms with Gasteiger partial charge in [-0.1, -0.05) is 30.7 Å². The number of carbonyl (C=O) groups is 1. The number of oxazole rings is 1. The van der Waals surface area contributed by atoms with Gasteiger partial charge in [0.2, 0.25) is 11.8 Å². The van der Waals surface area contributed by atoms with E-state index in [0.717, 1.165) is 41.2 Å². The smallest absolute Gasteiger partial charge is 0.230 e. The van der Waals surface area contributed by atoms with Crippen molar-refractivity contribution >= 4 is 34.5 Å². The number of nitrogens with zero attached hydrogens (tertiary/aromatic N) is 3. The van der Waals surface area contributed by atoms with Crippen molar-refractivity contribution in [1.29, 1.82) is 0 Å². The maximum Gasteiger partial charge on any atom is 0.230 e. The monoisotopic (exact) mass is 382 g/mol. The van der Waals surface area contributed by atoms with E-state index in [-0.39, 0.29) is 12.3 Å². The average Bonchev–Trinajstić information content (AvgIpc) is 3.29. The molecule has 0 bridgehead atoms. The highest BCUT2D eigenvalue weighted by molar-refractivity contribution is 7.16. The molecular formula is C20H22N4O2S. The molecule has 7 heteroatoms. The van der Waals surface area contributed by atoms with Crippen LogP contribution in [0.2, 0.25) is 0 Å². The van der Waals surface area contributed by atoms with Gasteiger partial charge >= 0.3 is 0 Å². The van der Waals surface area contributed by atoms with Crippen LogP contribution in [0.5, 0.6) is 0 Å². The molecule has 140 valence electrons. The van der Waals surface area contributed by atoms with Gasteiger partial charge in [-0.2, -0.15) is 0 Å². The molecule has 0 unspecified atom stereocenters. The van der Waals surface area contributed by atoms with Gasteiger partial charge in [0.25, 0.3) is 0 Å². The summed E-state index contributed by atoms with van der Waals surface area (Å²) in [4.78, 5) is 25.8. The van der Waals surface area contributed by atoms with Crippen LogP contribution in [0, 0.1) is 6.92 Å². The van der Waals surface area contributed by atoms with E-state index in [1.54, 1.807) is 18.6 Å². The Morgan fingerprint density at radius 2 is 2.15 bits per heavy atom. The Hall–Kier alpha value is -2.80. The van der Waals surface area contributed by atoms with Gasteiger partial charge in [0.1, 0.15) is 5.76 Å². The third-order valence-corrected chi connectivity index (χ3v) is 4.85. The molecule has 3 rings (SSSR count). The Labute approximate surface area is 162 Å². The highest BCUT2D eigenvalue weighted by atomic mass is 32.1. The van der Waals surface area contributed by atoms with Gasteiger partial charge in [-0.15, -0.1) is 0 Å². The molecule has 0 fully saturated rings. The van der Waals surface area contributed by atoms with Gasteiger partial charge in [-0.25, -0.2) is 9.97 Å². The molecule has 3 aromatic rings. The molecule has 0 aliphatic carbocycles. The Morgan fingerprint density at radius 3 is 2.96 bits per heavy atom. The Morgan fingerprint density at radius 1 is 1.26 bits per heavy atom. The second kappa shape index (κ2) is 9.23. The molecule has 1 N–H and O–H groups in total.